The lowest BCUT2D eigenvalue weighted by Gasteiger charge is -2.30. The summed E-state index contributed by atoms with van der Waals surface area (Å²) in [6.07, 6.45) is 2.47. The summed E-state index contributed by atoms with van der Waals surface area (Å²) in [5.41, 5.74) is 1.34. The summed E-state index contributed by atoms with van der Waals surface area (Å²) in [5.74, 6) is 1.78. The van der Waals surface area contributed by atoms with Gasteiger partial charge in [0.15, 0.2) is 11.5 Å². The molecule has 2 aliphatic heterocycles. The minimum absolute atomic E-state index is 0.366. The van der Waals surface area contributed by atoms with E-state index in [4.69, 9.17) is 9.47 Å². The minimum atomic E-state index is 0.366. The van der Waals surface area contributed by atoms with Crippen molar-refractivity contribution in [3.05, 3.63) is 23.8 Å². The van der Waals surface area contributed by atoms with Crippen molar-refractivity contribution in [2.75, 3.05) is 26.4 Å². The first-order chi connectivity index (χ1) is 7.42. The van der Waals surface area contributed by atoms with Gasteiger partial charge in [0.05, 0.1) is 0 Å². The van der Waals surface area contributed by atoms with Crippen LogP contribution in [0.2, 0.25) is 0 Å². The van der Waals surface area contributed by atoms with E-state index in [1.807, 2.05) is 6.07 Å². The number of hydrogen-bond donors (Lipinski definition) is 0. The van der Waals surface area contributed by atoms with Gasteiger partial charge in [-0.2, -0.15) is 0 Å². The summed E-state index contributed by atoms with van der Waals surface area (Å²) < 4.78 is 10.6. The van der Waals surface area contributed by atoms with Gasteiger partial charge >= 0.3 is 0 Å². The van der Waals surface area contributed by atoms with E-state index in [1.165, 1.54) is 31.6 Å². The lowest BCUT2D eigenvalue weighted by atomic mass is 10.1. The topological polar surface area (TPSA) is 21.7 Å². The van der Waals surface area contributed by atoms with Crippen LogP contribution in [0.5, 0.6) is 11.5 Å². The Bertz CT molecular complexity index is 361. The Kier molecular flexibility index (Phi) is 2.25. The lowest BCUT2D eigenvalue weighted by Crippen LogP contribution is -2.38. The molecule has 2 heterocycles. The molecule has 1 saturated heterocycles. The third kappa shape index (κ3) is 1.79. The Balaban J connectivity index is 1.64. The first-order valence-electron chi connectivity index (χ1n) is 5.53. The zero-order valence-corrected chi connectivity index (χ0v) is 8.74. The highest BCUT2D eigenvalue weighted by molar-refractivity contribution is 5.44. The van der Waals surface area contributed by atoms with Crippen LogP contribution in [0, 0.1) is 0 Å². The smallest absolute Gasteiger partial charge is 0.231 e. The van der Waals surface area contributed by atoms with Gasteiger partial charge in [0.25, 0.3) is 0 Å². The van der Waals surface area contributed by atoms with E-state index >= 15 is 0 Å². The van der Waals surface area contributed by atoms with Crippen molar-refractivity contribution in [3.8, 4) is 11.5 Å². The third-order valence-electron chi connectivity index (χ3n) is 3.10. The number of fused-ring (bicyclic) bond motifs is 1. The number of hydrogen-bond acceptors (Lipinski definition) is 3. The van der Waals surface area contributed by atoms with E-state index in [0.717, 1.165) is 17.9 Å². The number of ether oxygens (including phenoxy) is 2. The Hall–Kier alpha value is -1.22. The molecule has 0 atom stereocenters. The number of rotatable bonds is 3. The first-order valence-corrected chi connectivity index (χ1v) is 5.53. The Morgan fingerprint density at radius 1 is 1.13 bits per heavy atom. The fourth-order valence-corrected chi connectivity index (χ4v) is 1.99. The molecule has 0 saturated carbocycles. The van der Waals surface area contributed by atoms with Gasteiger partial charge in [0.2, 0.25) is 6.79 Å². The molecule has 0 radical (unpaired) electrons. The fraction of sp³-hybridized carbons (Fsp3) is 0.500. The van der Waals surface area contributed by atoms with Gasteiger partial charge in [-0.15, -0.1) is 0 Å². The van der Waals surface area contributed by atoms with Crippen LogP contribution in [-0.2, 0) is 6.42 Å². The van der Waals surface area contributed by atoms with Crippen molar-refractivity contribution in [2.45, 2.75) is 12.8 Å². The van der Waals surface area contributed by atoms with Gasteiger partial charge in [-0.3, -0.25) is 0 Å². The second kappa shape index (κ2) is 3.74. The maximum absolute atomic E-state index is 5.35. The van der Waals surface area contributed by atoms with Crippen molar-refractivity contribution in [3.63, 3.8) is 0 Å². The molecular formula is C12H15NO2. The predicted molar refractivity (Wildman–Crippen MR) is 57.3 cm³/mol. The molecule has 0 spiro atoms. The third-order valence-corrected chi connectivity index (χ3v) is 3.10. The van der Waals surface area contributed by atoms with E-state index in [0.29, 0.717) is 6.79 Å². The van der Waals surface area contributed by atoms with Crippen LogP contribution in [0.1, 0.15) is 12.0 Å². The van der Waals surface area contributed by atoms with Crippen LogP contribution in [0.4, 0.5) is 0 Å². The van der Waals surface area contributed by atoms with E-state index in [-0.39, 0.29) is 0 Å². The van der Waals surface area contributed by atoms with E-state index < -0.39 is 0 Å². The molecule has 15 heavy (non-hydrogen) atoms. The van der Waals surface area contributed by atoms with E-state index in [1.54, 1.807) is 0 Å². The maximum atomic E-state index is 5.35. The standard InChI is InChI=1S/C12H15NO2/c1-5-13(6-1)7-4-10-2-3-11-12(8-10)15-9-14-11/h2-3,8H,1,4-7,9H2. The van der Waals surface area contributed by atoms with Crippen LogP contribution in [0.3, 0.4) is 0 Å². The molecule has 2 aliphatic rings. The number of nitrogens with zero attached hydrogens (tertiary/aromatic N) is 1. The molecule has 3 nitrogen and oxygen atoms in total. The maximum Gasteiger partial charge on any atom is 0.231 e. The largest absolute Gasteiger partial charge is 0.454 e. The Morgan fingerprint density at radius 3 is 2.80 bits per heavy atom. The summed E-state index contributed by atoms with van der Waals surface area (Å²) >= 11 is 0. The van der Waals surface area contributed by atoms with E-state index in [2.05, 4.69) is 17.0 Å². The van der Waals surface area contributed by atoms with Gasteiger partial charge in [-0.1, -0.05) is 6.07 Å². The van der Waals surface area contributed by atoms with Crippen molar-refractivity contribution >= 4 is 0 Å². The van der Waals surface area contributed by atoms with Gasteiger partial charge in [-0.05, 0) is 43.6 Å². The highest BCUT2D eigenvalue weighted by Crippen LogP contribution is 2.32. The molecule has 3 rings (SSSR count). The summed E-state index contributed by atoms with van der Waals surface area (Å²) in [5, 5.41) is 0. The highest BCUT2D eigenvalue weighted by atomic mass is 16.7. The molecule has 0 N–H and O–H groups in total. The van der Waals surface area contributed by atoms with Crippen molar-refractivity contribution in [2.24, 2.45) is 0 Å². The highest BCUT2D eigenvalue weighted by Gasteiger charge is 2.15. The van der Waals surface area contributed by atoms with Gasteiger partial charge in [0.1, 0.15) is 0 Å². The van der Waals surface area contributed by atoms with Gasteiger partial charge in [0, 0.05) is 6.54 Å². The molecule has 0 bridgehead atoms. The second-order valence-corrected chi connectivity index (χ2v) is 4.13. The normalized spacial score (nSPS) is 18.9. The number of benzene rings is 1. The molecular weight excluding hydrogens is 190 g/mol. The quantitative estimate of drug-likeness (QED) is 0.749. The summed E-state index contributed by atoms with van der Waals surface area (Å²) in [4.78, 5) is 2.48. The summed E-state index contributed by atoms with van der Waals surface area (Å²) in [7, 11) is 0. The lowest BCUT2D eigenvalue weighted by molar-refractivity contribution is 0.173. The molecule has 3 heteroatoms. The van der Waals surface area contributed by atoms with Crippen LogP contribution in [0.25, 0.3) is 0 Å². The molecule has 0 unspecified atom stereocenters. The summed E-state index contributed by atoms with van der Waals surface area (Å²) in [6, 6.07) is 6.24. The second-order valence-electron chi connectivity index (χ2n) is 4.13. The van der Waals surface area contributed by atoms with Crippen LogP contribution < -0.4 is 9.47 Å². The van der Waals surface area contributed by atoms with Crippen LogP contribution in [0.15, 0.2) is 18.2 Å². The Labute approximate surface area is 89.6 Å². The zero-order chi connectivity index (χ0) is 10.1. The Morgan fingerprint density at radius 2 is 2.00 bits per heavy atom. The molecule has 0 aromatic heterocycles. The van der Waals surface area contributed by atoms with Crippen molar-refractivity contribution < 1.29 is 9.47 Å². The minimum Gasteiger partial charge on any atom is -0.454 e. The average molecular weight is 205 g/mol. The molecule has 1 fully saturated rings. The monoisotopic (exact) mass is 205 g/mol. The van der Waals surface area contributed by atoms with Gasteiger partial charge < -0.3 is 14.4 Å². The zero-order valence-electron chi connectivity index (χ0n) is 8.74. The molecule has 0 amide bonds. The molecule has 0 aliphatic carbocycles. The fourth-order valence-electron chi connectivity index (χ4n) is 1.99. The first kappa shape index (κ1) is 9.04. The average Bonchev–Trinajstić information content (AvgIpc) is 2.62. The predicted octanol–water partition coefficient (Wildman–Crippen LogP) is 1.66. The summed E-state index contributed by atoms with van der Waals surface area (Å²) in [6.45, 7) is 4.07. The van der Waals surface area contributed by atoms with Crippen LogP contribution in [-0.4, -0.2) is 31.3 Å². The molecule has 1 aromatic carbocycles. The van der Waals surface area contributed by atoms with Gasteiger partial charge in [-0.25, -0.2) is 0 Å². The molecule has 1 aromatic rings. The molecule has 80 valence electrons. The van der Waals surface area contributed by atoms with E-state index in [9.17, 15) is 0 Å². The van der Waals surface area contributed by atoms with Crippen molar-refractivity contribution in [1.29, 1.82) is 0 Å². The van der Waals surface area contributed by atoms with Crippen LogP contribution >= 0.6 is 0 Å². The van der Waals surface area contributed by atoms with Crippen molar-refractivity contribution in [1.82, 2.24) is 4.90 Å². The number of likely N-dealkylation sites (tertiary alicyclic amines) is 1. The SMILES string of the molecule is c1cc2c(cc1CCN1CCC1)OCO2.